The standard InChI is InChI=1S/C15H27N3O2/c1-11(2)14(16)15(19)18(9-8-17(4)5)10-13-7-6-12(3)20-13/h6-7,11,14H,8-10,16H2,1-5H3/t14-/m0/s1. The van der Waals surface area contributed by atoms with Crippen molar-refractivity contribution in [2.24, 2.45) is 11.7 Å². The van der Waals surface area contributed by atoms with Crippen LogP contribution >= 0.6 is 0 Å². The number of rotatable bonds is 7. The number of aryl methyl sites for hydroxylation is 1. The van der Waals surface area contributed by atoms with Crippen LogP contribution in [0.3, 0.4) is 0 Å². The van der Waals surface area contributed by atoms with E-state index in [4.69, 9.17) is 10.2 Å². The molecule has 1 rings (SSSR count). The molecule has 5 heteroatoms. The van der Waals surface area contributed by atoms with E-state index in [0.29, 0.717) is 13.1 Å². The fraction of sp³-hybridized carbons (Fsp3) is 0.667. The maximum atomic E-state index is 12.4. The van der Waals surface area contributed by atoms with Crippen molar-refractivity contribution in [1.29, 1.82) is 0 Å². The molecule has 1 atom stereocenters. The van der Waals surface area contributed by atoms with E-state index < -0.39 is 6.04 Å². The number of hydrogen-bond acceptors (Lipinski definition) is 4. The Morgan fingerprint density at radius 2 is 1.95 bits per heavy atom. The van der Waals surface area contributed by atoms with Crippen LogP contribution in [-0.2, 0) is 11.3 Å². The molecule has 0 saturated heterocycles. The number of hydrogen-bond donors (Lipinski definition) is 1. The quantitative estimate of drug-likeness (QED) is 0.822. The molecule has 0 aliphatic heterocycles. The van der Waals surface area contributed by atoms with E-state index in [1.54, 1.807) is 4.90 Å². The summed E-state index contributed by atoms with van der Waals surface area (Å²) in [6.45, 7) is 7.74. The predicted molar refractivity (Wildman–Crippen MR) is 80.2 cm³/mol. The lowest BCUT2D eigenvalue weighted by Crippen LogP contribution is -2.47. The highest BCUT2D eigenvalue weighted by atomic mass is 16.3. The van der Waals surface area contributed by atoms with Gasteiger partial charge < -0.3 is 20.0 Å². The fourth-order valence-corrected chi connectivity index (χ4v) is 1.84. The van der Waals surface area contributed by atoms with Crippen molar-refractivity contribution in [1.82, 2.24) is 9.80 Å². The lowest BCUT2D eigenvalue weighted by Gasteiger charge is -2.27. The number of carbonyl (C=O) groups is 1. The summed E-state index contributed by atoms with van der Waals surface area (Å²) < 4.78 is 5.56. The maximum absolute atomic E-state index is 12.4. The highest BCUT2D eigenvalue weighted by Crippen LogP contribution is 2.12. The van der Waals surface area contributed by atoms with Gasteiger partial charge in [-0.1, -0.05) is 13.8 Å². The number of furan rings is 1. The van der Waals surface area contributed by atoms with E-state index in [1.165, 1.54) is 0 Å². The first-order chi connectivity index (χ1) is 9.31. The molecule has 0 spiro atoms. The summed E-state index contributed by atoms with van der Waals surface area (Å²) >= 11 is 0. The van der Waals surface area contributed by atoms with Gasteiger partial charge in [0.15, 0.2) is 0 Å². The van der Waals surface area contributed by atoms with E-state index >= 15 is 0 Å². The average Bonchev–Trinajstić information content (AvgIpc) is 2.77. The smallest absolute Gasteiger partial charge is 0.240 e. The molecular weight excluding hydrogens is 254 g/mol. The zero-order chi connectivity index (χ0) is 15.3. The lowest BCUT2D eigenvalue weighted by atomic mass is 10.0. The van der Waals surface area contributed by atoms with Crippen molar-refractivity contribution in [3.05, 3.63) is 23.7 Å². The summed E-state index contributed by atoms with van der Waals surface area (Å²) in [7, 11) is 3.98. The van der Waals surface area contributed by atoms with Gasteiger partial charge in [0.1, 0.15) is 11.5 Å². The van der Waals surface area contributed by atoms with Gasteiger partial charge in [0.05, 0.1) is 12.6 Å². The summed E-state index contributed by atoms with van der Waals surface area (Å²) in [6.07, 6.45) is 0. The molecular formula is C15H27N3O2. The number of nitrogens with zero attached hydrogens (tertiary/aromatic N) is 2. The van der Waals surface area contributed by atoms with Gasteiger partial charge in [0, 0.05) is 13.1 Å². The fourth-order valence-electron chi connectivity index (χ4n) is 1.84. The molecule has 114 valence electrons. The number of amides is 1. The second kappa shape index (κ2) is 7.45. The Balaban J connectivity index is 2.76. The van der Waals surface area contributed by atoms with Crippen molar-refractivity contribution in [2.75, 3.05) is 27.2 Å². The Bertz CT molecular complexity index is 427. The molecule has 0 unspecified atom stereocenters. The topological polar surface area (TPSA) is 62.7 Å². The van der Waals surface area contributed by atoms with E-state index in [-0.39, 0.29) is 11.8 Å². The molecule has 1 heterocycles. The first-order valence-corrected chi connectivity index (χ1v) is 7.05. The molecule has 20 heavy (non-hydrogen) atoms. The molecule has 2 N–H and O–H groups in total. The predicted octanol–water partition coefficient (Wildman–Crippen LogP) is 1.46. The van der Waals surface area contributed by atoms with Crippen LogP contribution in [-0.4, -0.2) is 48.9 Å². The number of likely N-dealkylation sites (N-methyl/N-ethyl adjacent to an activating group) is 1. The van der Waals surface area contributed by atoms with Gasteiger partial charge in [0.2, 0.25) is 5.91 Å². The van der Waals surface area contributed by atoms with Crippen LogP contribution in [0.1, 0.15) is 25.4 Å². The Hall–Kier alpha value is -1.33. The van der Waals surface area contributed by atoms with Gasteiger partial charge in [-0.25, -0.2) is 0 Å². The molecule has 5 nitrogen and oxygen atoms in total. The minimum Gasteiger partial charge on any atom is -0.464 e. The highest BCUT2D eigenvalue weighted by Gasteiger charge is 2.24. The Morgan fingerprint density at radius 1 is 1.30 bits per heavy atom. The molecule has 0 saturated carbocycles. The van der Waals surface area contributed by atoms with Crippen LogP contribution in [0.25, 0.3) is 0 Å². The van der Waals surface area contributed by atoms with Gasteiger partial charge in [0.25, 0.3) is 0 Å². The Kier molecular flexibility index (Phi) is 6.23. The van der Waals surface area contributed by atoms with Crippen LogP contribution in [0.15, 0.2) is 16.5 Å². The van der Waals surface area contributed by atoms with Crippen LogP contribution in [0.4, 0.5) is 0 Å². The summed E-state index contributed by atoms with van der Waals surface area (Å²) in [6, 6.07) is 3.35. The average molecular weight is 281 g/mol. The highest BCUT2D eigenvalue weighted by molar-refractivity contribution is 5.81. The van der Waals surface area contributed by atoms with Crippen molar-refractivity contribution < 1.29 is 9.21 Å². The van der Waals surface area contributed by atoms with Gasteiger partial charge in [-0.3, -0.25) is 4.79 Å². The molecule has 1 aromatic heterocycles. The normalized spacial score (nSPS) is 13.0. The SMILES string of the molecule is Cc1ccc(CN(CCN(C)C)C(=O)[C@@H](N)C(C)C)o1. The van der Waals surface area contributed by atoms with Crippen LogP contribution in [0.5, 0.6) is 0 Å². The van der Waals surface area contributed by atoms with Crippen molar-refractivity contribution in [3.8, 4) is 0 Å². The van der Waals surface area contributed by atoms with Gasteiger partial charge in [-0.05, 0) is 39.1 Å². The van der Waals surface area contributed by atoms with Crippen LogP contribution in [0.2, 0.25) is 0 Å². The summed E-state index contributed by atoms with van der Waals surface area (Å²) in [5.41, 5.74) is 5.99. The largest absolute Gasteiger partial charge is 0.464 e. The molecule has 0 fully saturated rings. The van der Waals surface area contributed by atoms with E-state index in [9.17, 15) is 4.79 Å². The molecule has 0 bridgehead atoms. The third-order valence-corrected chi connectivity index (χ3v) is 3.27. The minimum absolute atomic E-state index is 0.0177. The third kappa shape index (κ3) is 4.98. The van der Waals surface area contributed by atoms with Gasteiger partial charge in [-0.15, -0.1) is 0 Å². The molecule has 1 amide bonds. The minimum atomic E-state index is -0.465. The number of carbonyl (C=O) groups excluding carboxylic acids is 1. The number of nitrogens with two attached hydrogens (primary N) is 1. The lowest BCUT2D eigenvalue weighted by molar-refractivity contribution is -0.134. The molecule has 0 aliphatic rings. The first kappa shape index (κ1) is 16.7. The molecule has 0 aromatic carbocycles. The monoisotopic (exact) mass is 281 g/mol. The maximum Gasteiger partial charge on any atom is 0.240 e. The molecule has 1 aromatic rings. The van der Waals surface area contributed by atoms with Crippen molar-refractivity contribution in [3.63, 3.8) is 0 Å². The zero-order valence-electron chi connectivity index (χ0n) is 13.2. The van der Waals surface area contributed by atoms with E-state index in [1.807, 2.05) is 47.0 Å². The van der Waals surface area contributed by atoms with Gasteiger partial charge >= 0.3 is 0 Å². The van der Waals surface area contributed by atoms with Crippen LogP contribution < -0.4 is 5.73 Å². The second-order valence-corrected chi connectivity index (χ2v) is 5.85. The van der Waals surface area contributed by atoms with Gasteiger partial charge in [-0.2, -0.15) is 0 Å². The first-order valence-electron chi connectivity index (χ1n) is 7.05. The van der Waals surface area contributed by atoms with Crippen molar-refractivity contribution in [2.45, 2.75) is 33.4 Å². The zero-order valence-corrected chi connectivity index (χ0v) is 13.2. The Labute approximate surface area is 121 Å². The molecule has 0 radical (unpaired) electrons. The summed E-state index contributed by atoms with van der Waals surface area (Å²) in [5, 5.41) is 0. The van der Waals surface area contributed by atoms with Crippen molar-refractivity contribution >= 4 is 5.91 Å². The van der Waals surface area contributed by atoms with Crippen LogP contribution in [0, 0.1) is 12.8 Å². The summed E-state index contributed by atoms with van der Waals surface area (Å²) in [5.74, 6) is 1.76. The summed E-state index contributed by atoms with van der Waals surface area (Å²) in [4.78, 5) is 16.3. The molecule has 0 aliphatic carbocycles. The van der Waals surface area contributed by atoms with E-state index in [0.717, 1.165) is 18.1 Å². The second-order valence-electron chi connectivity index (χ2n) is 5.85. The van der Waals surface area contributed by atoms with E-state index in [2.05, 4.69) is 4.90 Å². The third-order valence-electron chi connectivity index (χ3n) is 3.27. The Morgan fingerprint density at radius 3 is 2.40 bits per heavy atom.